The average Bonchev–Trinajstić information content (AvgIpc) is 2.71. The van der Waals surface area contributed by atoms with Gasteiger partial charge in [0.25, 0.3) is 0 Å². The highest BCUT2D eigenvalue weighted by molar-refractivity contribution is 5.82. The number of carbonyl (C=O) groups is 2. The number of likely N-dealkylation sites (N-methyl/N-ethyl adjacent to an activating group) is 1. The van der Waals surface area contributed by atoms with Crippen LogP contribution in [-0.2, 0) is 4.79 Å². The molecule has 0 heterocycles. The van der Waals surface area contributed by atoms with Gasteiger partial charge in [0.1, 0.15) is 6.04 Å². The molecule has 1 atom stereocenters. The van der Waals surface area contributed by atoms with E-state index in [1.54, 1.807) is 0 Å². The second kappa shape index (κ2) is 5.38. The van der Waals surface area contributed by atoms with Gasteiger partial charge in [-0.1, -0.05) is 19.8 Å². The van der Waals surface area contributed by atoms with Crippen molar-refractivity contribution in [1.29, 1.82) is 0 Å². The first-order valence-corrected chi connectivity index (χ1v) is 6.09. The summed E-state index contributed by atoms with van der Waals surface area (Å²) in [7, 11) is 1.51. The van der Waals surface area contributed by atoms with Crippen molar-refractivity contribution in [2.75, 3.05) is 13.6 Å². The summed E-state index contributed by atoms with van der Waals surface area (Å²) in [6, 6.07) is -1.11. The number of nitrogens with one attached hydrogen (secondary N) is 1. The predicted octanol–water partition coefficient (Wildman–Crippen LogP) is 1.68. The van der Waals surface area contributed by atoms with Gasteiger partial charge in [0.05, 0.1) is 0 Å². The molecule has 0 aromatic heterocycles. The van der Waals surface area contributed by atoms with E-state index >= 15 is 0 Å². The molecule has 1 fully saturated rings. The van der Waals surface area contributed by atoms with Crippen LogP contribution in [0.25, 0.3) is 0 Å². The van der Waals surface area contributed by atoms with Crippen LogP contribution < -0.4 is 5.32 Å². The molecule has 0 saturated heterocycles. The van der Waals surface area contributed by atoms with Crippen LogP contribution in [0.4, 0.5) is 4.79 Å². The predicted molar refractivity (Wildman–Crippen MR) is 64.8 cm³/mol. The van der Waals surface area contributed by atoms with Crippen LogP contribution in [0, 0.1) is 5.41 Å². The summed E-state index contributed by atoms with van der Waals surface area (Å²) in [6.45, 7) is 4.29. The molecule has 98 valence electrons. The van der Waals surface area contributed by atoms with Gasteiger partial charge in [0.15, 0.2) is 0 Å². The van der Waals surface area contributed by atoms with Gasteiger partial charge in [-0.25, -0.2) is 9.59 Å². The molecule has 0 aromatic rings. The van der Waals surface area contributed by atoms with Gasteiger partial charge in [-0.3, -0.25) is 0 Å². The monoisotopic (exact) mass is 242 g/mol. The number of hydrogen-bond donors (Lipinski definition) is 2. The van der Waals surface area contributed by atoms with Crippen molar-refractivity contribution >= 4 is 12.0 Å². The zero-order valence-corrected chi connectivity index (χ0v) is 10.8. The summed E-state index contributed by atoms with van der Waals surface area (Å²) in [5, 5.41) is 11.6. The van der Waals surface area contributed by atoms with Gasteiger partial charge in [-0.05, 0) is 25.2 Å². The molecule has 17 heavy (non-hydrogen) atoms. The Bertz CT molecular complexity index is 298. The van der Waals surface area contributed by atoms with Gasteiger partial charge in [-0.2, -0.15) is 0 Å². The lowest BCUT2D eigenvalue weighted by Crippen LogP contribution is -2.47. The van der Waals surface area contributed by atoms with E-state index in [0.29, 0.717) is 6.54 Å². The maximum absolute atomic E-state index is 11.7. The highest BCUT2D eigenvalue weighted by Crippen LogP contribution is 2.36. The number of hydrogen-bond acceptors (Lipinski definition) is 2. The number of carbonyl (C=O) groups excluding carboxylic acids is 1. The van der Waals surface area contributed by atoms with Gasteiger partial charge in [0.2, 0.25) is 0 Å². The van der Waals surface area contributed by atoms with E-state index in [2.05, 4.69) is 12.2 Å². The van der Waals surface area contributed by atoms with Crippen LogP contribution in [0.3, 0.4) is 0 Å². The van der Waals surface area contributed by atoms with E-state index < -0.39 is 12.0 Å². The Balaban J connectivity index is 2.41. The molecule has 0 radical (unpaired) electrons. The molecular formula is C12H22N2O3. The molecule has 1 saturated carbocycles. The van der Waals surface area contributed by atoms with E-state index in [1.807, 2.05) is 0 Å². The van der Waals surface area contributed by atoms with Crippen molar-refractivity contribution in [2.24, 2.45) is 5.41 Å². The first kappa shape index (κ1) is 13.8. The van der Waals surface area contributed by atoms with E-state index in [1.165, 1.54) is 31.7 Å². The fourth-order valence-corrected chi connectivity index (χ4v) is 2.16. The quantitative estimate of drug-likeness (QED) is 0.788. The van der Waals surface area contributed by atoms with Crippen LogP contribution in [0.1, 0.15) is 39.5 Å². The first-order chi connectivity index (χ1) is 7.86. The minimum atomic E-state index is -0.991. The Morgan fingerprint density at radius 2 is 1.94 bits per heavy atom. The minimum absolute atomic E-state index is 0.183. The van der Waals surface area contributed by atoms with Crippen molar-refractivity contribution in [3.05, 3.63) is 0 Å². The van der Waals surface area contributed by atoms with Crippen molar-refractivity contribution < 1.29 is 14.7 Å². The Morgan fingerprint density at radius 3 is 2.41 bits per heavy atom. The van der Waals surface area contributed by atoms with E-state index in [9.17, 15) is 9.59 Å². The summed E-state index contributed by atoms with van der Waals surface area (Å²) in [5.74, 6) is -0.991. The Hall–Kier alpha value is -1.26. The van der Waals surface area contributed by atoms with Crippen molar-refractivity contribution in [3.63, 3.8) is 0 Å². The molecule has 0 aromatic carbocycles. The molecule has 5 heteroatoms. The molecule has 0 aliphatic heterocycles. The van der Waals surface area contributed by atoms with E-state index in [0.717, 1.165) is 12.8 Å². The topological polar surface area (TPSA) is 69.6 Å². The van der Waals surface area contributed by atoms with Crippen molar-refractivity contribution in [3.8, 4) is 0 Å². The lowest BCUT2D eigenvalue weighted by atomic mass is 9.89. The van der Waals surface area contributed by atoms with Gasteiger partial charge in [-0.15, -0.1) is 0 Å². The SMILES string of the molecule is CC(C(=O)O)N(C)C(=O)NCC1(C)CCCC1. The zero-order valence-electron chi connectivity index (χ0n) is 10.8. The summed E-state index contributed by atoms with van der Waals surface area (Å²) >= 11 is 0. The molecule has 1 unspecified atom stereocenters. The number of urea groups is 1. The van der Waals surface area contributed by atoms with Crippen molar-refractivity contribution in [2.45, 2.75) is 45.6 Å². The largest absolute Gasteiger partial charge is 0.480 e. The van der Waals surface area contributed by atoms with Gasteiger partial charge in [0, 0.05) is 13.6 Å². The Morgan fingerprint density at radius 1 is 1.41 bits per heavy atom. The second-order valence-corrected chi connectivity index (χ2v) is 5.30. The normalized spacial score (nSPS) is 19.7. The van der Waals surface area contributed by atoms with Crippen LogP contribution in [-0.4, -0.2) is 41.6 Å². The maximum atomic E-state index is 11.7. The third-order valence-corrected chi connectivity index (χ3v) is 3.74. The molecule has 2 N–H and O–H groups in total. The second-order valence-electron chi connectivity index (χ2n) is 5.30. The van der Waals surface area contributed by atoms with Crippen LogP contribution in [0.5, 0.6) is 0 Å². The molecule has 1 aliphatic carbocycles. The van der Waals surface area contributed by atoms with Crippen LogP contribution in [0.15, 0.2) is 0 Å². The van der Waals surface area contributed by atoms with E-state index in [-0.39, 0.29) is 11.4 Å². The number of rotatable bonds is 4. The zero-order chi connectivity index (χ0) is 13.1. The molecule has 1 rings (SSSR count). The molecule has 0 spiro atoms. The van der Waals surface area contributed by atoms with Crippen LogP contribution >= 0.6 is 0 Å². The summed E-state index contributed by atoms with van der Waals surface area (Å²) < 4.78 is 0. The number of nitrogens with zero attached hydrogens (tertiary/aromatic N) is 1. The van der Waals surface area contributed by atoms with Gasteiger partial charge >= 0.3 is 12.0 Å². The van der Waals surface area contributed by atoms with E-state index in [4.69, 9.17) is 5.11 Å². The molecule has 1 aliphatic rings. The highest BCUT2D eigenvalue weighted by Gasteiger charge is 2.30. The summed E-state index contributed by atoms with van der Waals surface area (Å²) in [5.41, 5.74) is 0.183. The highest BCUT2D eigenvalue weighted by atomic mass is 16.4. The lowest BCUT2D eigenvalue weighted by molar-refractivity contribution is -0.141. The summed E-state index contributed by atoms with van der Waals surface area (Å²) in [4.78, 5) is 23.7. The standard InChI is InChI=1S/C12H22N2O3/c1-9(10(15)16)14(3)11(17)13-8-12(2)6-4-5-7-12/h9H,4-8H2,1-3H3,(H,13,17)(H,15,16). The third-order valence-electron chi connectivity index (χ3n) is 3.74. The average molecular weight is 242 g/mol. The Kier molecular flexibility index (Phi) is 4.37. The molecule has 2 amide bonds. The fourth-order valence-electron chi connectivity index (χ4n) is 2.16. The number of amides is 2. The summed E-state index contributed by atoms with van der Waals surface area (Å²) in [6.07, 6.45) is 4.69. The fraction of sp³-hybridized carbons (Fsp3) is 0.833. The molecule has 5 nitrogen and oxygen atoms in total. The van der Waals surface area contributed by atoms with Crippen molar-refractivity contribution in [1.82, 2.24) is 10.2 Å². The maximum Gasteiger partial charge on any atom is 0.326 e. The minimum Gasteiger partial charge on any atom is -0.480 e. The Labute approximate surface area is 102 Å². The van der Waals surface area contributed by atoms with Crippen LogP contribution in [0.2, 0.25) is 0 Å². The molecular weight excluding hydrogens is 220 g/mol. The van der Waals surface area contributed by atoms with Gasteiger partial charge < -0.3 is 15.3 Å². The number of aliphatic carboxylic acids is 1. The molecule has 0 bridgehead atoms. The first-order valence-electron chi connectivity index (χ1n) is 6.09. The number of carboxylic acids is 1. The lowest BCUT2D eigenvalue weighted by Gasteiger charge is -2.27. The number of carboxylic acid groups (broad SMARTS) is 1. The third kappa shape index (κ3) is 3.61. The smallest absolute Gasteiger partial charge is 0.326 e.